The molecule has 2 aromatic heterocycles. The highest BCUT2D eigenvalue weighted by Gasteiger charge is 2.25. The van der Waals surface area contributed by atoms with Crippen LogP contribution >= 0.6 is 0 Å². The van der Waals surface area contributed by atoms with Gasteiger partial charge in [0.1, 0.15) is 6.61 Å². The SMILES string of the molecule is O=C(OCc1ccccc1)c1nc(-c2ccccc2)oc1-c1ccco1. The van der Waals surface area contributed by atoms with Crippen molar-refractivity contribution in [2.45, 2.75) is 6.61 Å². The topological polar surface area (TPSA) is 65.5 Å². The van der Waals surface area contributed by atoms with Gasteiger partial charge in [-0.3, -0.25) is 0 Å². The highest BCUT2D eigenvalue weighted by Crippen LogP contribution is 2.30. The van der Waals surface area contributed by atoms with E-state index in [0.717, 1.165) is 11.1 Å². The van der Waals surface area contributed by atoms with Gasteiger partial charge in [-0.05, 0) is 29.8 Å². The Balaban J connectivity index is 1.65. The van der Waals surface area contributed by atoms with E-state index in [9.17, 15) is 4.79 Å². The largest absolute Gasteiger partial charge is 0.461 e. The lowest BCUT2D eigenvalue weighted by Crippen LogP contribution is -2.07. The Labute approximate surface area is 149 Å². The van der Waals surface area contributed by atoms with Gasteiger partial charge < -0.3 is 13.6 Å². The fourth-order valence-electron chi connectivity index (χ4n) is 2.53. The van der Waals surface area contributed by atoms with E-state index in [-0.39, 0.29) is 18.1 Å². The van der Waals surface area contributed by atoms with Crippen LogP contribution in [0.4, 0.5) is 0 Å². The number of aromatic nitrogens is 1. The molecule has 26 heavy (non-hydrogen) atoms. The van der Waals surface area contributed by atoms with Crippen molar-refractivity contribution in [1.82, 2.24) is 4.98 Å². The minimum Gasteiger partial charge on any atom is -0.461 e. The minimum absolute atomic E-state index is 0.0923. The quantitative estimate of drug-likeness (QED) is 0.478. The Morgan fingerprint density at radius 1 is 0.923 bits per heavy atom. The number of nitrogens with zero attached hydrogens (tertiary/aromatic N) is 1. The summed E-state index contributed by atoms with van der Waals surface area (Å²) in [6.07, 6.45) is 1.51. The van der Waals surface area contributed by atoms with Gasteiger partial charge in [0.15, 0.2) is 11.5 Å². The molecule has 0 aliphatic heterocycles. The Morgan fingerprint density at radius 2 is 1.65 bits per heavy atom. The fourth-order valence-corrected chi connectivity index (χ4v) is 2.53. The number of ether oxygens (including phenoxy) is 1. The summed E-state index contributed by atoms with van der Waals surface area (Å²) >= 11 is 0. The van der Waals surface area contributed by atoms with E-state index in [2.05, 4.69) is 4.98 Å². The molecule has 0 fully saturated rings. The summed E-state index contributed by atoms with van der Waals surface area (Å²) < 4.78 is 16.6. The molecular weight excluding hydrogens is 330 g/mol. The Kier molecular flexibility index (Phi) is 4.35. The summed E-state index contributed by atoms with van der Waals surface area (Å²) in [5.41, 5.74) is 1.75. The smallest absolute Gasteiger partial charge is 0.361 e. The van der Waals surface area contributed by atoms with E-state index in [0.29, 0.717) is 11.7 Å². The molecule has 0 atom stereocenters. The predicted molar refractivity (Wildman–Crippen MR) is 95.2 cm³/mol. The number of carbonyl (C=O) groups excluding carboxylic acids is 1. The van der Waals surface area contributed by atoms with Crippen molar-refractivity contribution >= 4 is 5.97 Å². The standard InChI is InChI=1S/C21H15NO4/c23-21(25-14-15-8-3-1-4-9-15)18-19(17-12-7-13-24-17)26-20(22-18)16-10-5-2-6-11-16/h1-13H,14H2. The first-order chi connectivity index (χ1) is 12.8. The molecule has 0 amide bonds. The van der Waals surface area contributed by atoms with Gasteiger partial charge in [-0.25, -0.2) is 9.78 Å². The first-order valence-corrected chi connectivity index (χ1v) is 8.12. The number of hydrogen-bond donors (Lipinski definition) is 0. The molecule has 5 nitrogen and oxygen atoms in total. The van der Waals surface area contributed by atoms with Gasteiger partial charge in [0.2, 0.25) is 11.7 Å². The highest BCUT2D eigenvalue weighted by molar-refractivity contribution is 5.93. The first kappa shape index (κ1) is 15.9. The second-order valence-corrected chi connectivity index (χ2v) is 5.60. The van der Waals surface area contributed by atoms with Crippen LogP contribution in [0.25, 0.3) is 23.0 Å². The summed E-state index contributed by atoms with van der Waals surface area (Å²) in [6, 6.07) is 22.3. The van der Waals surface area contributed by atoms with Crippen LogP contribution in [0.5, 0.6) is 0 Å². The lowest BCUT2D eigenvalue weighted by Gasteiger charge is -2.03. The molecule has 0 aliphatic carbocycles. The molecule has 0 unspecified atom stereocenters. The van der Waals surface area contributed by atoms with Crippen LogP contribution in [-0.4, -0.2) is 11.0 Å². The van der Waals surface area contributed by atoms with Gasteiger partial charge in [-0.15, -0.1) is 0 Å². The molecule has 0 saturated heterocycles. The monoisotopic (exact) mass is 345 g/mol. The molecule has 0 aliphatic rings. The second-order valence-electron chi connectivity index (χ2n) is 5.60. The lowest BCUT2D eigenvalue weighted by molar-refractivity contribution is 0.0466. The van der Waals surface area contributed by atoms with Crippen molar-refractivity contribution in [3.8, 4) is 23.0 Å². The lowest BCUT2D eigenvalue weighted by atomic mass is 10.2. The molecule has 0 saturated carbocycles. The summed E-state index contributed by atoms with van der Waals surface area (Å²) in [5.74, 6) is 0.452. The van der Waals surface area contributed by atoms with Crippen LogP contribution in [0.15, 0.2) is 87.9 Å². The van der Waals surface area contributed by atoms with Crippen molar-refractivity contribution in [3.63, 3.8) is 0 Å². The van der Waals surface area contributed by atoms with Crippen molar-refractivity contribution < 1.29 is 18.4 Å². The fraction of sp³-hybridized carbons (Fsp3) is 0.0476. The van der Waals surface area contributed by atoms with E-state index in [1.165, 1.54) is 6.26 Å². The van der Waals surface area contributed by atoms with Crippen LogP contribution in [0.1, 0.15) is 16.1 Å². The maximum Gasteiger partial charge on any atom is 0.361 e. The third-order valence-electron chi connectivity index (χ3n) is 3.80. The number of rotatable bonds is 5. The van der Waals surface area contributed by atoms with Crippen LogP contribution in [0, 0.1) is 0 Å². The number of benzene rings is 2. The van der Waals surface area contributed by atoms with Crippen LogP contribution in [-0.2, 0) is 11.3 Å². The van der Waals surface area contributed by atoms with Gasteiger partial charge in [0.25, 0.3) is 0 Å². The Hall–Kier alpha value is -3.60. The van der Waals surface area contributed by atoms with Gasteiger partial charge in [-0.1, -0.05) is 48.5 Å². The van der Waals surface area contributed by atoms with Gasteiger partial charge >= 0.3 is 5.97 Å². The summed E-state index contributed by atoms with van der Waals surface area (Å²) in [5, 5.41) is 0. The third-order valence-corrected chi connectivity index (χ3v) is 3.80. The van der Waals surface area contributed by atoms with Gasteiger partial charge in [0, 0.05) is 5.56 Å². The highest BCUT2D eigenvalue weighted by atomic mass is 16.5. The van der Waals surface area contributed by atoms with Crippen LogP contribution in [0.3, 0.4) is 0 Å². The molecule has 0 bridgehead atoms. The molecule has 0 spiro atoms. The zero-order valence-corrected chi connectivity index (χ0v) is 13.8. The molecule has 0 radical (unpaired) electrons. The van der Waals surface area contributed by atoms with Crippen molar-refractivity contribution in [2.24, 2.45) is 0 Å². The Morgan fingerprint density at radius 3 is 2.35 bits per heavy atom. The minimum atomic E-state index is -0.564. The average Bonchev–Trinajstić information content (AvgIpc) is 3.37. The van der Waals surface area contributed by atoms with Crippen molar-refractivity contribution in [2.75, 3.05) is 0 Å². The van der Waals surface area contributed by atoms with E-state index in [1.807, 2.05) is 60.7 Å². The predicted octanol–water partition coefficient (Wildman–Crippen LogP) is 4.96. The normalized spacial score (nSPS) is 10.6. The average molecular weight is 345 g/mol. The maximum absolute atomic E-state index is 12.6. The molecule has 4 rings (SSSR count). The summed E-state index contributed by atoms with van der Waals surface area (Å²) in [4.78, 5) is 16.9. The van der Waals surface area contributed by atoms with Crippen LogP contribution in [0.2, 0.25) is 0 Å². The third kappa shape index (κ3) is 3.28. The number of carbonyl (C=O) groups is 1. The molecular formula is C21H15NO4. The van der Waals surface area contributed by atoms with E-state index in [1.54, 1.807) is 12.1 Å². The van der Waals surface area contributed by atoms with Gasteiger partial charge in [-0.2, -0.15) is 0 Å². The molecule has 128 valence electrons. The zero-order valence-electron chi connectivity index (χ0n) is 13.8. The molecule has 5 heteroatoms. The van der Waals surface area contributed by atoms with E-state index < -0.39 is 5.97 Å². The van der Waals surface area contributed by atoms with E-state index in [4.69, 9.17) is 13.6 Å². The van der Waals surface area contributed by atoms with Crippen molar-refractivity contribution in [3.05, 3.63) is 90.3 Å². The Bertz CT molecular complexity index is 989. The molecule has 4 aromatic rings. The molecule has 2 aromatic carbocycles. The first-order valence-electron chi connectivity index (χ1n) is 8.12. The number of hydrogen-bond acceptors (Lipinski definition) is 5. The number of furan rings is 1. The zero-order chi connectivity index (χ0) is 17.8. The molecule has 2 heterocycles. The number of esters is 1. The summed E-state index contributed by atoms with van der Waals surface area (Å²) in [6.45, 7) is 0.158. The number of oxazole rings is 1. The summed E-state index contributed by atoms with van der Waals surface area (Å²) in [7, 11) is 0. The second kappa shape index (κ2) is 7.11. The van der Waals surface area contributed by atoms with Crippen molar-refractivity contribution in [1.29, 1.82) is 0 Å². The molecule has 0 N–H and O–H groups in total. The maximum atomic E-state index is 12.6. The van der Waals surface area contributed by atoms with Gasteiger partial charge in [0.05, 0.1) is 6.26 Å². The van der Waals surface area contributed by atoms with E-state index >= 15 is 0 Å². The van der Waals surface area contributed by atoms with Crippen LogP contribution < -0.4 is 0 Å².